The molecule has 1 heterocycles. The molecule has 7 nitrogen and oxygen atoms in total. The summed E-state index contributed by atoms with van der Waals surface area (Å²) in [4.78, 5) is 10.4. The lowest BCUT2D eigenvalue weighted by molar-refractivity contribution is -0.386. The third-order valence-electron chi connectivity index (χ3n) is 2.77. The van der Waals surface area contributed by atoms with Crippen LogP contribution < -0.4 is 14.8 Å². The first-order chi connectivity index (χ1) is 8.61. The Morgan fingerprint density at radius 3 is 2.83 bits per heavy atom. The predicted octanol–water partition coefficient (Wildman–Crippen LogP) is 0.315. The van der Waals surface area contributed by atoms with E-state index < -0.39 is 17.1 Å². The van der Waals surface area contributed by atoms with E-state index in [-0.39, 0.29) is 11.4 Å². The van der Waals surface area contributed by atoms with Crippen LogP contribution in [-0.2, 0) is 0 Å². The summed E-state index contributed by atoms with van der Waals surface area (Å²) in [5.74, 6) is 0.521. The largest absolute Gasteiger partial charge is 0.496 e. The first-order valence-electron chi connectivity index (χ1n) is 5.49. The van der Waals surface area contributed by atoms with Gasteiger partial charge in [-0.05, 0) is 12.1 Å². The molecule has 0 aliphatic carbocycles. The Labute approximate surface area is 103 Å². The van der Waals surface area contributed by atoms with Gasteiger partial charge in [-0.25, -0.2) is 0 Å². The Morgan fingerprint density at radius 2 is 2.28 bits per heavy atom. The number of methoxy groups -OCH3 is 1. The van der Waals surface area contributed by atoms with Crippen LogP contribution in [0.1, 0.15) is 0 Å². The molecule has 1 aliphatic rings. The fourth-order valence-corrected chi connectivity index (χ4v) is 1.79. The van der Waals surface area contributed by atoms with Crippen molar-refractivity contribution < 1.29 is 19.5 Å². The molecule has 1 aromatic rings. The van der Waals surface area contributed by atoms with Gasteiger partial charge in [-0.3, -0.25) is 10.1 Å². The molecule has 2 rings (SSSR count). The van der Waals surface area contributed by atoms with Crippen molar-refractivity contribution >= 4 is 5.69 Å². The molecule has 2 atom stereocenters. The smallest absolute Gasteiger partial charge is 0.314 e. The number of rotatable bonds is 4. The van der Waals surface area contributed by atoms with Gasteiger partial charge in [0.05, 0.1) is 18.1 Å². The molecular formula is C11H14N2O5. The molecule has 1 aliphatic heterocycles. The van der Waals surface area contributed by atoms with Crippen LogP contribution in [0.15, 0.2) is 18.2 Å². The Kier molecular flexibility index (Phi) is 3.63. The second-order valence-electron chi connectivity index (χ2n) is 3.97. The van der Waals surface area contributed by atoms with Crippen molar-refractivity contribution in [3.63, 3.8) is 0 Å². The van der Waals surface area contributed by atoms with Crippen LogP contribution in [0.3, 0.4) is 0 Å². The molecule has 2 N–H and O–H groups in total. The second kappa shape index (κ2) is 5.19. The first kappa shape index (κ1) is 12.6. The van der Waals surface area contributed by atoms with Crippen molar-refractivity contribution in [1.29, 1.82) is 0 Å². The minimum absolute atomic E-state index is 0.133. The fourth-order valence-electron chi connectivity index (χ4n) is 1.79. The highest BCUT2D eigenvalue weighted by Gasteiger charge is 2.29. The monoisotopic (exact) mass is 254 g/mol. The lowest BCUT2D eigenvalue weighted by Gasteiger charge is -2.16. The highest BCUT2D eigenvalue weighted by molar-refractivity contribution is 5.51. The van der Waals surface area contributed by atoms with E-state index in [9.17, 15) is 15.2 Å². The third-order valence-corrected chi connectivity index (χ3v) is 2.77. The maximum absolute atomic E-state index is 10.9. The molecule has 0 aromatic heterocycles. The van der Waals surface area contributed by atoms with Crippen molar-refractivity contribution in [2.24, 2.45) is 0 Å². The molecule has 98 valence electrons. The number of hydrogen-bond acceptors (Lipinski definition) is 6. The van der Waals surface area contributed by atoms with Gasteiger partial charge in [0.15, 0.2) is 5.75 Å². The summed E-state index contributed by atoms with van der Waals surface area (Å²) in [7, 11) is 1.43. The molecule has 0 saturated carbocycles. The topological polar surface area (TPSA) is 93.9 Å². The second-order valence-corrected chi connectivity index (χ2v) is 3.97. The van der Waals surface area contributed by atoms with E-state index in [1.807, 2.05) is 0 Å². The number of hydrogen-bond donors (Lipinski definition) is 2. The summed E-state index contributed by atoms with van der Waals surface area (Å²) >= 11 is 0. The lowest BCUT2D eigenvalue weighted by Crippen LogP contribution is -2.30. The van der Waals surface area contributed by atoms with Crippen LogP contribution in [0.5, 0.6) is 11.5 Å². The third kappa shape index (κ3) is 2.52. The quantitative estimate of drug-likeness (QED) is 0.593. The van der Waals surface area contributed by atoms with E-state index in [0.29, 0.717) is 18.8 Å². The molecule has 2 unspecified atom stereocenters. The molecule has 1 aromatic carbocycles. The molecule has 0 bridgehead atoms. The fraction of sp³-hybridized carbons (Fsp3) is 0.455. The van der Waals surface area contributed by atoms with Gasteiger partial charge in [-0.1, -0.05) is 0 Å². The van der Waals surface area contributed by atoms with Crippen LogP contribution in [-0.4, -0.2) is 42.4 Å². The van der Waals surface area contributed by atoms with Gasteiger partial charge in [0.25, 0.3) is 0 Å². The average Bonchev–Trinajstić information content (AvgIpc) is 2.75. The van der Waals surface area contributed by atoms with Gasteiger partial charge in [0.2, 0.25) is 0 Å². The maximum atomic E-state index is 10.9. The number of nitro benzene ring substituents is 1. The van der Waals surface area contributed by atoms with Crippen molar-refractivity contribution in [2.75, 3.05) is 20.2 Å². The highest BCUT2D eigenvalue weighted by Crippen LogP contribution is 2.32. The van der Waals surface area contributed by atoms with Crippen LogP contribution in [0, 0.1) is 10.1 Å². The number of nitrogens with zero attached hydrogens (tertiary/aromatic N) is 1. The number of nitrogens with one attached hydrogen (secondary N) is 1. The zero-order valence-electron chi connectivity index (χ0n) is 9.83. The van der Waals surface area contributed by atoms with Gasteiger partial charge in [0.1, 0.15) is 18.0 Å². The van der Waals surface area contributed by atoms with Gasteiger partial charge < -0.3 is 19.9 Å². The molecule has 18 heavy (non-hydrogen) atoms. The highest BCUT2D eigenvalue weighted by atomic mass is 16.6. The predicted molar refractivity (Wildman–Crippen MR) is 62.9 cm³/mol. The Bertz CT molecular complexity index is 451. The summed E-state index contributed by atoms with van der Waals surface area (Å²) in [5.41, 5.74) is -0.173. The summed E-state index contributed by atoms with van der Waals surface area (Å²) in [5, 5.41) is 23.5. The van der Waals surface area contributed by atoms with Crippen LogP contribution >= 0.6 is 0 Å². The molecule has 0 spiro atoms. The van der Waals surface area contributed by atoms with E-state index >= 15 is 0 Å². The minimum atomic E-state index is -0.660. The van der Waals surface area contributed by atoms with E-state index in [4.69, 9.17) is 9.47 Å². The van der Waals surface area contributed by atoms with Gasteiger partial charge in [-0.2, -0.15) is 0 Å². The van der Waals surface area contributed by atoms with Crippen LogP contribution in [0.25, 0.3) is 0 Å². The van der Waals surface area contributed by atoms with Gasteiger partial charge in [0, 0.05) is 13.1 Å². The summed E-state index contributed by atoms with van der Waals surface area (Å²) < 4.78 is 10.4. The normalized spacial score (nSPS) is 22.8. The first-order valence-corrected chi connectivity index (χ1v) is 5.49. The van der Waals surface area contributed by atoms with Crippen molar-refractivity contribution in [2.45, 2.75) is 12.2 Å². The van der Waals surface area contributed by atoms with E-state index in [1.54, 1.807) is 6.07 Å². The number of β-amino-alcohol motifs (C(OH)–C–C–N with tert-alkyl or cyclic N) is 1. The molecule has 0 amide bonds. The maximum Gasteiger partial charge on any atom is 0.314 e. The molecule has 7 heteroatoms. The standard InChI is InChI=1S/C11H14N2O5/c1-17-7-2-3-10(8(4-7)13(15)16)18-11-6-12-5-9(11)14/h2-4,9,11-12,14H,5-6H2,1H3. The molecular weight excluding hydrogens is 240 g/mol. The zero-order chi connectivity index (χ0) is 13.1. The van der Waals surface area contributed by atoms with Gasteiger partial charge in [-0.15, -0.1) is 0 Å². The SMILES string of the molecule is COc1ccc(OC2CNCC2O)c([N+](=O)[O-])c1. The number of aliphatic hydroxyl groups is 1. The number of nitro groups is 1. The molecule has 1 saturated heterocycles. The Balaban J connectivity index is 2.23. The Hall–Kier alpha value is -1.86. The summed E-state index contributed by atoms with van der Waals surface area (Å²) in [6.45, 7) is 0.888. The van der Waals surface area contributed by atoms with Gasteiger partial charge >= 0.3 is 5.69 Å². The number of benzene rings is 1. The molecule has 0 radical (unpaired) electrons. The van der Waals surface area contributed by atoms with E-state index in [1.165, 1.54) is 19.2 Å². The summed E-state index contributed by atoms with van der Waals surface area (Å²) in [6, 6.07) is 4.35. The van der Waals surface area contributed by atoms with Crippen molar-refractivity contribution in [3.05, 3.63) is 28.3 Å². The van der Waals surface area contributed by atoms with Crippen LogP contribution in [0.2, 0.25) is 0 Å². The lowest BCUT2D eigenvalue weighted by atomic mass is 10.2. The molecule has 1 fully saturated rings. The van der Waals surface area contributed by atoms with E-state index in [0.717, 1.165) is 0 Å². The van der Waals surface area contributed by atoms with Crippen LogP contribution in [0.4, 0.5) is 5.69 Å². The average molecular weight is 254 g/mol. The Morgan fingerprint density at radius 1 is 1.50 bits per heavy atom. The number of ether oxygens (including phenoxy) is 2. The summed E-state index contributed by atoms with van der Waals surface area (Å²) in [6.07, 6.45) is -1.14. The van der Waals surface area contributed by atoms with Crippen molar-refractivity contribution in [1.82, 2.24) is 5.32 Å². The zero-order valence-corrected chi connectivity index (χ0v) is 9.83. The van der Waals surface area contributed by atoms with Crippen molar-refractivity contribution in [3.8, 4) is 11.5 Å². The minimum Gasteiger partial charge on any atom is -0.496 e. The number of aliphatic hydroxyl groups excluding tert-OH is 1. The van der Waals surface area contributed by atoms with E-state index in [2.05, 4.69) is 5.32 Å².